The first kappa shape index (κ1) is 23.8. The van der Waals surface area contributed by atoms with Gasteiger partial charge in [0.15, 0.2) is 0 Å². The third-order valence-corrected chi connectivity index (χ3v) is 6.18. The Morgan fingerprint density at radius 1 is 1.06 bits per heavy atom. The molecule has 3 rings (SSSR count). The third kappa shape index (κ3) is 6.33. The Balaban J connectivity index is 1.52. The van der Waals surface area contributed by atoms with Crippen LogP contribution in [0.5, 0.6) is 0 Å². The number of halogens is 4. The lowest BCUT2D eigenvalue weighted by molar-refractivity contribution is -0.137. The van der Waals surface area contributed by atoms with Crippen LogP contribution in [0.4, 0.5) is 18.9 Å². The maximum atomic E-state index is 13.3. The Hall–Kier alpha value is -1.84. The van der Waals surface area contributed by atoms with Gasteiger partial charge in [0.05, 0.1) is 23.8 Å². The average molecular weight is 461 g/mol. The Morgan fingerprint density at radius 2 is 1.71 bits per heavy atom. The van der Waals surface area contributed by atoms with Gasteiger partial charge >= 0.3 is 6.18 Å². The Labute approximate surface area is 185 Å². The van der Waals surface area contributed by atoms with Crippen LogP contribution < -0.4 is 5.32 Å². The van der Waals surface area contributed by atoms with E-state index in [1.807, 2.05) is 9.80 Å². The second kappa shape index (κ2) is 10.2. The topological polar surface area (TPSA) is 55.9 Å². The van der Waals surface area contributed by atoms with Crippen LogP contribution in [0.1, 0.15) is 31.7 Å². The van der Waals surface area contributed by atoms with Crippen LogP contribution in [0.2, 0.25) is 5.02 Å². The van der Waals surface area contributed by atoms with E-state index in [2.05, 4.69) is 10.2 Å². The molecule has 2 fully saturated rings. The molecule has 2 aliphatic rings. The van der Waals surface area contributed by atoms with Crippen molar-refractivity contribution in [2.24, 2.45) is 0 Å². The number of carbonyl (C=O) groups excluding carboxylic acids is 2. The molecule has 0 aliphatic carbocycles. The van der Waals surface area contributed by atoms with Gasteiger partial charge in [-0.2, -0.15) is 13.2 Å². The zero-order chi connectivity index (χ0) is 22.6. The molecule has 1 aromatic rings. The molecule has 1 N–H and O–H groups in total. The van der Waals surface area contributed by atoms with Crippen molar-refractivity contribution in [1.82, 2.24) is 14.7 Å². The van der Waals surface area contributed by atoms with Gasteiger partial charge in [0.2, 0.25) is 11.8 Å². The second-order valence-corrected chi connectivity index (χ2v) is 8.54. The number of alkyl halides is 3. The standard InChI is InChI=1S/C21H28ClF3N4O2/c1-15(20(31)26-18-6-5-16(22)13-17(18)21(23,24)25)28-11-9-27(10-12-28)14-19(30)29-7-3-2-4-8-29/h5-6,13,15H,2-4,7-12,14H2,1H3,(H,26,31). The first-order valence-corrected chi connectivity index (χ1v) is 10.9. The first-order chi connectivity index (χ1) is 14.6. The smallest absolute Gasteiger partial charge is 0.342 e. The lowest BCUT2D eigenvalue weighted by Crippen LogP contribution is -2.54. The molecule has 0 spiro atoms. The molecule has 6 nitrogen and oxygen atoms in total. The Morgan fingerprint density at radius 3 is 2.32 bits per heavy atom. The Bertz CT molecular complexity index is 791. The molecule has 31 heavy (non-hydrogen) atoms. The van der Waals surface area contributed by atoms with Gasteiger partial charge in [0, 0.05) is 44.3 Å². The van der Waals surface area contributed by atoms with E-state index in [0.29, 0.717) is 32.7 Å². The van der Waals surface area contributed by atoms with Gasteiger partial charge in [0.25, 0.3) is 0 Å². The van der Waals surface area contributed by atoms with Gasteiger partial charge < -0.3 is 10.2 Å². The van der Waals surface area contributed by atoms with Crippen LogP contribution in [-0.4, -0.2) is 78.4 Å². The van der Waals surface area contributed by atoms with Crippen molar-refractivity contribution in [3.63, 3.8) is 0 Å². The minimum Gasteiger partial charge on any atom is -0.342 e. The number of likely N-dealkylation sites (tertiary alicyclic amines) is 1. The minimum absolute atomic E-state index is 0.0476. The second-order valence-electron chi connectivity index (χ2n) is 8.11. The van der Waals surface area contributed by atoms with Gasteiger partial charge in [-0.1, -0.05) is 11.6 Å². The van der Waals surface area contributed by atoms with E-state index in [1.54, 1.807) is 6.92 Å². The summed E-state index contributed by atoms with van der Waals surface area (Å²) in [6.07, 6.45) is -1.35. The number of piperazine rings is 1. The normalized spacial score (nSPS) is 19.8. The quantitative estimate of drug-likeness (QED) is 0.732. The van der Waals surface area contributed by atoms with Crippen molar-refractivity contribution in [3.8, 4) is 0 Å². The molecule has 2 saturated heterocycles. The van der Waals surface area contributed by atoms with Crippen molar-refractivity contribution in [3.05, 3.63) is 28.8 Å². The molecule has 1 aromatic carbocycles. The third-order valence-electron chi connectivity index (χ3n) is 5.95. The molecule has 0 radical (unpaired) electrons. The van der Waals surface area contributed by atoms with Crippen LogP contribution in [0.3, 0.4) is 0 Å². The largest absolute Gasteiger partial charge is 0.418 e. The summed E-state index contributed by atoms with van der Waals surface area (Å²) >= 11 is 5.69. The van der Waals surface area contributed by atoms with Crippen molar-refractivity contribution in [1.29, 1.82) is 0 Å². The highest BCUT2D eigenvalue weighted by Gasteiger charge is 2.35. The number of anilines is 1. The van der Waals surface area contributed by atoms with Crippen molar-refractivity contribution >= 4 is 29.1 Å². The van der Waals surface area contributed by atoms with E-state index in [1.165, 1.54) is 18.6 Å². The molecule has 2 aliphatic heterocycles. The zero-order valence-electron chi connectivity index (χ0n) is 17.6. The molecular formula is C21H28ClF3N4O2. The number of nitrogens with zero attached hydrogens (tertiary/aromatic N) is 3. The van der Waals surface area contributed by atoms with E-state index >= 15 is 0 Å². The van der Waals surface area contributed by atoms with Crippen LogP contribution in [0, 0.1) is 0 Å². The number of nitrogens with one attached hydrogen (secondary N) is 1. The predicted octanol–water partition coefficient (Wildman–Crippen LogP) is 3.32. The predicted molar refractivity (Wildman–Crippen MR) is 113 cm³/mol. The highest BCUT2D eigenvalue weighted by atomic mass is 35.5. The van der Waals surface area contributed by atoms with E-state index in [0.717, 1.165) is 32.0 Å². The molecule has 1 atom stereocenters. The zero-order valence-corrected chi connectivity index (χ0v) is 18.3. The maximum absolute atomic E-state index is 13.3. The van der Waals surface area contributed by atoms with E-state index in [-0.39, 0.29) is 16.6 Å². The molecule has 10 heteroatoms. The summed E-state index contributed by atoms with van der Waals surface area (Å²) in [6, 6.07) is 2.69. The first-order valence-electron chi connectivity index (χ1n) is 10.6. The van der Waals surface area contributed by atoms with Crippen molar-refractivity contribution in [2.75, 3.05) is 51.1 Å². The number of piperidine rings is 1. The molecular weight excluding hydrogens is 433 g/mol. The fourth-order valence-corrected chi connectivity index (χ4v) is 4.18. The van der Waals surface area contributed by atoms with Crippen molar-refractivity contribution < 1.29 is 22.8 Å². The fraction of sp³-hybridized carbons (Fsp3) is 0.619. The molecule has 2 heterocycles. The van der Waals surface area contributed by atoms with Gasteiger partial charge in [-0.3, -0.25) is 19.4 Å². The lowest BCUT2D eigenvalue weighted by atomic mass is 10.1. The number of hydrogen-bond donors (Lipinski definition) is 1. The van der Waals surface area contributed by atoms with Gasteiger partial charge in [0.1, 0.15) is 0 Å². The molecule has 0 saturated carbocycles. The monoisotopic (exact) mass is 460 g/mol. The van der Waals surface area contributed by atoms with E-state index in [4.69, 9.17) is 11.6 Å². The summed E-state index contributed by atoms with van der Waals surface area (Å²) in [6.45, 7) is 6.07. The van der Waals surface area contributed by atoms with E-state index in [9.17, 15) is 22.8 Å². The van der Waals surface area contributed by atoms with Gasteiger partial charge in [-0.25, -0.2) is 0 Å². The van der Waals surface area contributed by atoms with Crippen molar-refractivity contribution in [2.45, 2.75) is 38.4 Å². The summed E-state index contributed by atoms with van der Waals surface area (Å²) in [5.41, 5.74) is -1.28. The molecule has 2 amide bonds. The minimum atomic E-state index is -4.62. The summed E-state index contributed by atoms with van der Waals surface area (Å²) in [4.78, 5) is 30.9. The van der Waals surface area contributed by atoms with Crippen LogP contribution in [-0.2, 0) is 15.8 Å². The van der Waals surface area contributed by atoms with Crippen LogP contribution in [0.25, 0.3) is 0 Å². The summed E-state index contributed by atoms with van der Waals surface area (Å²) < 4.78 is 39.8. The highest BCUT2D eigenvalue weighted by molar-refractivity contribution is 6.30. The lowest BCUT2D eigenvalue weighted by Gasteiger charge is -2.38. The van der Waals surface area contributed by atoms with E-state index < -0.39 is 23.7 Å². The summed E-state index contributed by atoms with van der Waals surface area (Å²) in [5.74, 6) is -0.368. The number of benzene rings is 1. The molecule has 1 unspecified atom stereocenters. The SMILES string of the molecule is CC(C(=O)Nc1ccc(Cl)cc1C(F)(F)F)N1CCN(CC(=O)N2CCCCC2)CC1. The average Bonchev–Trinajstić information content (AvgIpc) is 2.75. The van der Waals surface area contributed by atoms with Crippen LogP contribution >= 0.6 is 11.6 Å². The van der Waals surface area contributed by atoms with Gasteiger partial charge in [-0.15, -0.1) is 0 Å². The summed E-state index contributed by atoms with van der Waals surface area (Å²) in [7, 11) is 0. The Kier molecular flexibility index (Phi) is 7.82. The fourth-order valence-electron chi connectivity index (χ4n) is 4.01. The molecule has 0 bridgehead atoms. The molecule has 172 valence electrons. The van der Waals surface area contributed by atoms with Gasteiger partial charge in [-0.05, 0) is 44.4 Å². The highest BCUT2D eigenvalue weighted by Crippen LogP contribution is 2.36. The summed E-state index contributed by atoms with van der Waals surface area (Å²) in [5, 5.41) is 2.35. The van der Waals surface area contributed by atoms with Crippen LogP contribution in [0.15, 0.2) is 18.2 Å². The number of hydrogen-bond acceptors (Lipinski definition) is 4. The number of carbonyl (C=O) groups is 2. The maximum Gasteiger partial charge on any atom is 0.418 e. The number of amides is 2. The molecule has 0 aromatic heterocycles. The number of rotatable bonds is 5.